The van der Waals surface area contributed by atoms with Gasteiger partial charge in [-0.05, 0) is 42.7 Å². The Hall–Kier alpha value is -2.82. The van der Waals surface area contributed by atoms with Crippen molar-refractivity contribution in [2.75, 3.05) is 12.4 Å². The number of aromatic amines is 1. The molecule has 5 heteroatoms. The van der Waals surface area contributed by atoms with Crippen LogP contribution in [0.25, 0.3) is 10.9 Å². The molecule has 0 saturated heterocycles. The number of benzene rings is 2. The van der Waals surface area contributed by atoms with Gasteiger partial charge in [0.25, 0.3) is 0 Å². The molecule has 4 rings (SSSR count). The summed E-state index contributed by atoms with van der Waals surface area (Å²) in [5.74, 6) is 0.0985. The number of hydrogen-bond acceptors (Lipinski definition) is 2. The van der Waals surface area contributed by atoms with Crippen LogP contribution in [-0.2, 0) is 15.6 Å². The molecule has 1 fully saturated rings. The fraction of sp³-hybridized carbons (Fsp3) is 0.348. The summed E-state index contributed by atoms with van der Waals surface area (Å²) in [4.78, 5) is 16.3. The van der Waals surface area contributed by atoms with Crippen LogP contribution in [-0.4, -0.2) is 18.0 Å². The number of ether oxygens (including phenoxy) is 1. The number of nitrogens with one attached hydrogen (secondary N) is 2. The molecule has 28 heavy (non-hydrogen) atoms. The fourth-order valence-electron chi connectivity index (χ4n) is 3.59. The Balaban J connectivity index is 1.64. The van der Waals surface area contributed by atoms with E-state index in [1.54, 1.807) is 13.2 Å². The first-order valence-corrected chi connectivity index (χ1v) is 9.52. The van der Waals surface area contributed by atoms with Gasteiger partial charge in [0.1, 0.15) is 11.6 Å². The summed E-state index contributed by atoms with van der Waals surface area (Å²) in [7, 11) is 1.60. The molecule has 0 atom stereocenters. The quantitative estimate of drug-likeness (QED) is 0.647. The molecule has 1 aliphatic rings. The normalized spacial score (nSPS) is 15.5. The third-order valence-electron chi connectivity index (χ3n) is 5.57. The number of halogens is 1. The van der Waals surface area contributed by atoms with Crippen LogP contribution >= 0.6 is 0 Å². The summed E-state index contributed by atoms with van der Waals surface area (Å²) < 4.78 is 19.9. The molecule has 0 spiro atoms. The number of aromatic nitrogens is 1. The van der Waals surface area contributed by atoms with Crippen molar-refractivity contribution in [3.8, 4) is 5.75 Å². The van der Waals surface area contributed by atoms with Gasteiger partial charge in [0.15, 0.2) is 0 Å². The molecule has 0 aliphatic heterocycles. The zero-order valence-electron chi connectivity index (χ0n) is 16.7. The van der Waals surface area contributed by atoms with E-state index < -0.39 is 11.2 Å². The highest BCUT2D eigenvalue weighted by atomic mass is 19.1. The average molecular weight is 380 g/mol. The van der Waals surface area contributed by atoms with E-state index in [1.165, 1.54) is 6.07 Å². The fourth-order valence-corrected chi connectivity index (χ4v) is 3.59. The molecular formula is C23H25FN2O2. The number of anilines is 1. The summed E-state index contributed by atoms with van der Waals surface area (Å²) in [5, 5.41) is 3.70. The predicted molar refractivity (Wildman–Crippen MR) is 109 cm³/mol. The van der Waals surface area contributed by atoms with Gasteiger partial charge in [-0.15, -0.1) is 0 Å². The molecule has 1 heterocycles. The van der Waals surface area contributed by atoms with E-state index in [4.69, 9.17) is 4.74 Å². The van der Waals surface area contributed by atoms with Crippen molar-refractivity contribution in [3.63, 3.8) is 0 Å². The van der Waals surface area contributed by atoms with E-state index in [-0.39, 0.29) is 17.0 Å². The average Bonchev–Trinajstić information content (AvgIpc) is 3.36. The van der Waals surface area contributed by atoms with Gasteiger partial charge in [0, 0.05) is 28.1 Å². The number of carbonyl (C=O) groups excluding carboxylic acids is 1. The summed E-state index contributed by atoms with van der Waals surface area (Å²) in [6.45, 7) is 6.30. The summed E-state index contributed by atoms with van der Waals surface area (Å²) >= 11 is 0. The van der Waals surface area contributed by atoms with E-state index >= 15 is 0 Å². The Bertz CT molecular complexity index is 1060. The van der Waals surface area contributed by atoms with Crippen LogP contribution in [0.15, 0.2) is 42.5 Å². The van der Waals surface area contributed by atoms with Gasteiger partial charge in [-0.3, -0.25) is 4.79 Å². The van der Waals surface area contributed by atoms with Crippen molar-refractivity contribution in [1.82, 2.24) is 4.98 Å². The SMILES string of the molecule is COc1cccc(C2(C(=O)Nc3cc4cc(C(C)(C)C)[nH]c4cc3F)CC2)c1. The van der Waals surface area contributed by atoms with Crippen LogP contribution in [0.5, 0.6) is 5.75 Å². The number of methoxy groups -OCH3 is 1. The second-order valence-corrected chi connectivity index (χ2v) is 8.62. The minimum atomic E-state index is -0.606. The van der Waals surface area contributed by atoms with E-state index in [1.807, 2.05) is 30.3 Å². The second kappa shape index (κ2) is 6.36. The Morgan fingerprint density at radius 3 is 2.57 bits per heavy atom. The van der Waals surface area contributed by atoms with Gasteiger partial charge < -0.3 is 15.0 Å². The molecule has 0 bridgehead atoms. The molecule has 0 radical (unpaired) electrons. The largest absolute Gasteiger partial charge is 0.497 e. The molecule has 2 aromatic carbocycles. The lowest BCUT2D eigenvalue weighted by molar-refractivity contribution is -0.118. The molecule has 3 aromatic rings. The van der Waals surface area contributed by atoms with Crippen LogP contribution in [0.4, 0.5) is 10.1 Å². The smallest absolute Gasteiger partial charge is 0.235 e. The molecular weight excluding hydrogens is 355 g/mol. The Labute approximate surface area is 164 Å². The first-order valence-electron chi connectivity index (χ1n) is 9.52. The number of amides is 1. The van der Waals surface area contributed by atoms with Crippen LogP contribution in [0, 0.1) is 5.82 Å². The van der Waals surface area contributed by atoms with Crippen molar-refractivity contribution in [2.24, 2.45) is 0 Å². The maximum Gasteiger partial charge on any atom is 0.235 e. The van der Waals surface area contributed by atoms with E-state index in [0.717, 1.165) is 35.0 Å². The first-order chi connectivity index (χ1) is 13.2. The highest BCUT2D eigenvalue weighted by Gasteiger charge is 2.51. The monoisotopic (exact) mass is 380 g/mol. The first kappa shape index (κ1) is 18.5. The Kier molecular flexibility index (Phi) is 4.21. The standard InChI is InChI=1S/C23H25FN2O2/c1-22(2,3)20-11-14-10-19(17(24)13-18(14)25-20)26-21(27)23(8-9-23)15-6-5-7-16(12-15)28-4/h5-7,10-13,25H,8-9H2,1-4H3,(H,26,27). The van der Waals surface area contributed by atoms with Crippen molar-refractivity contribution in [1.29, 1.82) is 0 Å². The molecule has 1 aromatic heterocycles. The van der Waals surface area contributed by atoms with Gasteiger partial charge >= 0.3 is 0 Å². The molecule has 0 unspecified atom stereocenters. The predicted octanol–water partition coefficient (Wildman–Crippen LogP) is 5.28. The second-order valence-electron chi connectivity index (χ2n) is 8.62. The molecule has 146 valence electrons. The highest BCUT2D eigenvalue weighted by Crippen LogP contribution is 2.49. The van der Waals surface area contributed by atoms with E-state index in [9.17, 15) is 9.18 Å². The maximum atomic E-state index is 14.7. The molecule has 1 saturated carbocycles. The number of hydrogen-bond donors (Lipinski definition) is 2. The van der Waals surface area contributed by atoms with Crippen molar-refractivity contribution >= 4 is 22.5 Å². The van der Waals surface area contributed by atoms with Gasteiger partial charge in [-0.1, -0.05) is 32.9 Å². The zero-order chi connectivity index (χ0) is 20.1. The maximum absolute atomic E-state index is 14.7. The van der Waals surface area contributed by atoms with Gasteiger partial charge in [-0.2, -0.15) is 0 Å². The van der Waals surface area contributed by atoms with Crippen LogP contribution < -0.4 is 10.1 Å². The third kappa shape index (κ3) is 3.15. The lowest BCUT2D eigenvalue weighted by atomic mass is 9.92. The number of rotatable bonds is 4. The number of H-pyrrole nitrogens is 1. The molecule has 1 aliphatic carbocycles. The van der Waals surface area contributed by atoms with Crippen LogP contribution in [0.2, 0.25) is 0 Å². The molecule has 1 amide bonds. The zero-order valence-corrected chi connectivity index (χ0v) is 16.7. The summed E-state index contributed by atoms with van der Waals surface area (Å²) in [6.07, 6.45) is 1.49. The van der Waals surface area contributed by atoms with E-state index in [0.29, 0.717) is 5.75 Å². The summed E-state index contributed by atoms with van der Waals surface area (Å²) in [6, 6.07) is 12.7. The van der Waals surface area contributed by atoms with Crippen molar-refractivity contribution < 1.29 is 13.9 Å². The Morgan fingerprint density at radius 2 is 1.93 bits per heavy atom. The number of carbonyl (C=O) groups is 1. The van der Waals surface area contributed by atoms with Gasteiger partial charge in [0.05, 0.1) is 18.2 Å². The van der Waals surface area contributed by atoms with Crippen LogP contribution in [0.3, 0.4) is 0 Å². The Morgan fingerprint density at radius 1 is 1.18 bits per heavy atom. The van der Waals surface area contributed by atoms with Gasteiger partial charge in [-0.25, -0.2) is 4.39 Å². The van der Waals surface area contributed by atoms with Crippen LogP contribution in [0.1, 0.15) is 44.9 Å². The van der Waals surface area contributed by atoms with Crippen molar-refractivity contribution in [3.05, 3.63) is 59.5 Å². The highest BCUT2D eigenvalue weighted by molar-refractivity contribution is 6.02. The van der Waals surface area contributed by atoms with Gasteiger partial charge in [0.2, 0.25) is 5.91 Å². The van der Waals surface area contributed by atoms with Crippen molar-refractivity contribution in [2.45, 2.75) is 44.4 Å². The molecule has 4 nitrogen and oxygen atoms in total. The number of fused-ring (bicyclic) bond motifs is 1. The summed E-state index contributed by atoms with van der Waals surface area (Å²) in [5.41, 5.74) is 2.21. The minimum Gasteiger partial charge on any atom is -0.497 e. The lowest BCUT2D eigenvalue weighted by Crippen LogP contribution is -2.28. The minimum absolute atomic E-state index is 0.0661. The van der Waals surface area contributed by atoms with E-state index in [2.05, 4.69) is 31.1 Å². The lowest BCUT2D eigenvalue weighted by Gasteiger charge is -2.17. The molecule has 2 N–H and O–H groups in total. The third-order valence-corrected chi connectivity index (χ3v) is 5.57. The topological polar surface area (TPSA) is 54.1 Å².